The summed E-state index contributed by atoms with van der Waals surface area (Å²) in [7, 11) is 0. The van der Waals surface area contributed by atoms with Crippen molar-refractivity contribution in [3.05, 3.63) is 65.2 Å². The van der Waals surface area contributed by atoms with E-state index in [1.165, 1.54) is 29.1 Å². The molecule has 1 heterocycles. The Labute approximate surface area is 178 Å². The van der Waals surface area contributed by atoms with Crippen LogP contribution in [-0.2, 0) is 0 Å². The molecule has 0 saturated heterocycles. The minimum atomic E-state index is -0.706. The zero-order chi connectivity index (χ0) is 21.9. The Morgan fingerprint density at radius 2 is 1.97 bits per heavy atom. The number of benzene rings is 2. The Kier molecular flexibility index (Phi) is 6.04. The number of fused-ring (bicyclic) bond motifs is 1. The summed E-state index contributed by atoms with van der Waals surface area (Å²) < 4.78 is 15.2. The number of hydrogen-bond acceptors (Lipinski definition) is 4. The number of halogens is 2. The standard InChI is InChI=1S/C21H20ClFN6O/c1-21(2,3)19(27-18(30)13-4-6-14(22)7-5-13)28-20(25-11-24)29-12-26-16-9-8-15(23)10-17(16)29/h4-10,12,19H,1-3H3,(H,25,28)(H,27,30). The topological polar surface area (TPSA) is 95.1 Å². The van der Waals surface area contributed by atoms with Crippen LogP contribution in [0, 0.1) is 22.7 Å². The van der Waals surface area contributed by atoms with Gasteiger partial charge in [0.05, 0.1) is 11.0 Å². The Bertz CT molecular complexity index is 1140. The number of nitrogens with zero attached hydrogens (tertiary/aromatic N) is 4. The maximum Gasteiger partial charge on any atom is 0.252 e. The van der Waals surface area contributed by atoms with Gasteiger partial charge in [0, 0.05) is 22.1 Å². The molecule has 30 heavy (non-hydrogen) atoms. The summed E-state index contributed by atoms with van der Waals surface area (Å²) >= 11 is 5.89. The lowest BCUT2D eigenvalue weighted by Crippen LogP contribution is -2.44. The van der Waals surface area contributed by atoms with E-state index in [1.54, 1.807) is 24.3 Å². The molecule has 0 radical (unpaired) electrons. The maximum absolute atomic E-state index is 13.8. The molecule has 154 valence electrons. The lowest BCUT2D eigenvalue weighted by atomic mass is 9.92. The molecule has 3 aromatic rings. The monoisotopic (exact) mass is 426 g/mol. The summed E-state index contributed by atoms with van der Waals surface area (Å²) in [6.45, 7) is 5.71. The van der Waals surface area contributed by atoms with Crippen molar-refractivity contribution in [1.82, 2.24) is 20.2 Å². The highest BCUT2D eigenvalue weighted by Crippen LogP contribution is 2.22. The van der Waals surface area contributed by atoms with Gasteiger partial charge >= 0.3 is 0 Å². The highest BCUT2D eigenvalue weighted by atomic mass is 35.5. The fraction of sp³-hybridized carbons (Fsp3) is 0.238. The number of carbonyl (C=O) groups excluding carboxylic acids is 1. The fourth-order valence-corrected chi connectivity index (χ4v) is 2.85. The van der Waals surface area contributed by atoms with Crippen LogP contribution < -0.4 is 10.6 Å². The van der Waals surface area contributed by atoms with Crippen LogP contribution in [0.15, 0.2) is 53.8 Å². The number of hydrogen-bond donors (Lipinski definition) is 2. The van der Waals surface area contributed by atoms with Gasteiger partial charge in [-0.1, -0.05) is 32.4 Å². The predicted octanol–water partition coefficient (Wildman–Crippen LogP) is 3.91. The van der Waals surface area contributed by atoms with Gasteiger partial charge in [-0.15, -0.1) is 0 Å². The fourth-order valence-electron chi connectivity index (χ4n) is 2.73. The largest absolute Gasteiger partial charge is 0.330 e. The molecule has 0 aliphatic heterocycles. The maximum atomic E-state index is 13.8. The van der Waals surface area contributed by atoms with E-state index in [-0.39, 0.29) is 11.9 Å². The number of aliphatic imine (C=N–C) groups is 1. The predicted molar refractivity (Wildman–Crippen MR) is 113 cm³/mol. The van der Waals surface area contributed by atoms with E-state index >= 15 is 0 Å². The Hall–Kier alpha value is -3.44. The van der Waals surface area contributed by atoms with Crippen LogP contribution in [0.5, 0.6) is 0 Å². The number of amides is 1. The normalized spacial score (nSPS) is 13.0. The summed E-state index contributed by atoms with van der Waals surface area (Å²) in [4.78, 5) is 21.5. The molecular weight excluding hydrogens is 407 g/mol. The second-order valence-corrected chi connectivity index (χ2v) is 8.12. The summed E-state index contributed by atoms with van der Waals surface area (Å²) in [5.41, 5.74) is 0.912. The molecule has 2 N–H and O–H groups in total. The molecule has 1 atom stereocenters. The summed E-state index contributed by atoms with van der Waals surface area (Å²) in [6.07, 6.45) is 2.57. The number of nitriles is 1. The zero-order valence-electron chi connectivity index (χ0n) is 16.6. The molecular formula is C21H20ClFN6O. The Morgan fingerprint density at radius 3 is 2.60 bits per heavy atom. The molecule has 0 aliphatic carbocycles. The third kappa shape index (κ3) is 4.75. The van der Waals surface area contributed by atoms with Gasteiger partial charge in [-0.3, -0.25) is 14.7 Å². The Balaban J connectivity index is 2.00. The third-order valence-corrected chi connectivity index (χ3v) is 4.60. The number of rotatable bonds is 3. The highest BCUT2D eigenvalue weighted by Gasteiger charge is 2.27. The van der Waals surface area contributed by atoms with Gasteiger partial charge < -0.3 is 5.32 Å². The first-order valence-electron chi connectivity index (χ1n) is 9.11. The van der Waals surface area contributed by atoms with Crippen LogP contribution in [0.25, 0.3) is 11.0 Å². The van der Waals surface area contributed by atoms with Crippen molar-refractivity contribution in [3.63, 3.8) is 0 Å². The Morgan fingerprint density at radius 1 is 1.27 bits per heavy atom. The lowest BCUT2D eigenvalue weighted by Gasteiger charge is -2.29. The molecule has 1 unspecified atom stereocenters. The second kappa shape index (κ2) is 8.51. The van der Waals surface area contributed by atoms with Gasteiger partial charge in [0.2, 0.25) is 5.96 Å². The summed E-state index contributed by atoms with van der Waals surface area (Å²) in [5.74, 6) is -0.668. The average molecular weight is 427 g/mol. The van der Waals surface area contributed by atoms with Crippen molar-refractivity contribution in [3.8, 4) is 6.19 Å². The molecule has 0 spiro atoms. The van der Waals surface area contributed by atoms with Crippen LogP contribution >= 0.6 is 11.6 Å². The van der Waals surface area contributed by atoms with E-state index in [9.17, 15) is 14.4 Å². The van der Waals surface area contributed by atoms with Crippen LogP contribution in [-0.4, -0.2) is 27.6 Å². The number of carbonyl (C=O) groups is 1. The minimum absolute atomic E-state index is 0.113. The minimum Gasteiger partial charge on any atom is -0.330 e. The van der Waals surface area contributed by atoms with E-state index in [0.717, 1.165) is 0 Å². The molecule has 1 amide bonds. The van der Waals surface area contributed by atoms with Gasteiger partial charge in [0.15, 0.2) is 6.19 Å². The molecule has 0 aliphatic rings. The van der Waals surface area contributed by atoms with Crippen molar-refractivity contribution in [2.45, 2.75) is 26.9 Å². The first-order valence-corrected chi connectivity index (χ1v) is 9.49. The average Bonchev–Trinajstić information content (AvgIpc) is 3.09. The zero-order valence-corrected chi connectivity index (χ0v) is 17.4. The van der Waals surface area contributed by atoms with Gasteiger partial charge in [0.1, 0.15) is 18.3 Å². The van der Waals surface area contributed by atoms with Crippen LogP contribution in [0.4, 0.5) is 4.39 Å². The summed E-state index contributed by atoms with van der Waals surface area (Å²) in [6, 6.07) is 10.6. The molecule has 9 heteroatoms. The van der Waals surface area contributed by atoms with E-state index in [4.69, 9.17) is 11.6 Å². The second-order valence-electron chi connectivity index (χ2n) is 7.69. The van der Waals surface area contributed by atoms with Crippen molar-refractivity contribution in [2.24, 2.45) is 10.4 Å². The van der Waals surface area contributed by atoms with Gasteiger partial charge in [0.25, 0.3) is 5.91 Å². The van der Waals surface area contributed by atoms with Gasteiger partial charge in [-0.05, 0) is 36.4 Å². The van der Waals surface area contributed by atoms with Crippen molar-refractivity contribution in [2.75, 3.05) is 0 Å². The van der Waals surface area contributed by atoms with Crippen LogP contribution in [0.2, 0.25) is 5.02 Å². The molecule has 2 aromatic carbocycles. The quantitative estimate of drug-likeness (QED) is 0.287. The van der Waals surface area contributed by atoms with Gasteiger partial charge in [-0.25, -0.2) is 14.4 Å². The molecule has 7 nitrogen and oxygen atoms in total. The van der Waals surface area contributed by atoms with Crippen LogP contribution in [0.1, 0.15) is 31.1 Å². The lowest BCUT2D eigenvalue weighted by molar-refractivity contribution is 0.0906. The first-order chi connectivity index (χ1) is 14.2. The van der Waals surface area contributed by atoms with E-state index in [2.05, 4.69) is 20.6 Å². The summed E-state index contributed by atoms with van der Waals surface area (Å²) in [5, 5.41) is 15.1. The number of imidazole rings is 1. The molecule has 3 rings (SSSR count). The van der Waals surface area contributed by atoms with Crippen molar-refractivity contribution < 1.29 is 9.18 Å². The number of aromatic nitrogens is 2. The third-order valence-electron chi connectivity index (χ3n) is 4.35. The number of nitrogens with one attached hydrogen (secondary N) is 2. The van der Waals surface area contributed by atoms with Crippen molar-refractivity contribution in [1.29, 1.82) is 5.26 Å². The van der Waals surface area contributed by atoms with Gasteiger partial charge in [-0.2, -0.15) is 5.26 Å². The first kappa shape index (κ1) is 21.3. The smallest absolute Gasteiger partial charge is 0.252 e. The SMILES string of the molecule is CC(C)(C)C(N=C(NC#N)n1cnc2ccc(F)cc21)NC(=O)c1ccc(Cl)cc1. The highest BCUT2D eigenvalue weighted by molar-refractivity contribution is 6.30. The molecule has 0 bridgehead atoms. The molecule has 0 fully saturated rings. The molecule has 1 aromatic heterocycles. The molecule has 0 saturated carbocycles. The van der Waals surface area contributed by atoms with E-state index < -0.39 is 17.4 Å². The van der Waals surface area contributed by atoms with E-state index in [0.29, 0.717) is 21.6 Å². The van der Waals surface area contributed by atoms with E-state index in [1.807, 2.05) is 27.0 Å². The van der Waals surface area contributed by atoms with Crippen molar-refractivity contribution >= 4 is 34.5 Å². The van der Waals surface area contributed by atoms with Crippen LogP contribution in [0.3, 0.4) is 0 Å².